The Balaban J connectivity index is 1.87. The topological polar surface area (TPSA) is 46.3 Å². The van der Waals surface area contributed by atoms with Crippen molar-refractivity contribution < 1.29 is 4.79 Å². The number of nitrogens with zero attached hydrogens (tertiary/aromatic N) is 1. The summed E-state index contributed by atoms with van der Waals surface area (Å²) in [5, 5.41) is 0.744. The third kappa shape index (κ3) is 3.74. The van der Waals surface area contributed by atoms with Crippen molar-refractivity contribution >= 4 is 17.5 Å². The second-order valence-corrected chi connectivity index (χ2v) is 6.51. The highest BCUT2D eigenvalue weighted by molar-refractivity contribution is 6.30. The van der Waals surface area contributed by atoms with Crippen LogP contribution in [0.5, 0.6) is 0 Å². The summed E-state index contributed by atoms with van der Waals surface area (Å²) in [5.41, 5.74) is 7.93. The van der Waals surface area contributed by atoms with E-state index in [0.717, 1.165) is 31.0 Å². The highest BCUT2D eigenvalue weighted by Gasteiger charge is 2.29. The summed E-state index contributed by atoms with van der Waals surface area (Å²) in [6, 6.07) is 18.7. The molecule has 3 rings (SSSR count). The van der Waals surface area contributed by atoms with E-state index in [4.69, 9.17) is 17.3 Å². The van der Waals surface area contributed by atoms with Gasteiger partial charge in [-0.3, -0.25) is 9.69 Å². The summed E-state index contributed by atoms with van der Waals surface area (Å²) >= 11 is 6.04. The molecule has 1 saturated heterocycles. The van der Waals surface area contributed by atoms with Crippen LogP contribution in [0.1, 0.15) is 30.0 Å². The molecule has 1 fully saturated rings. The first-order valence-corrected chi connectivity index (χ1v) is 8.36. The Bertz CT molecular complexity index is 649. The number of primary amides is 1. The summed E-state index contributed by atoms with van der Waals surface area (Å²) in [4.78, 5) is 13.8. The number of halogens is 1. The fourth-order valence-electron chi connectivity index (χ4n) is 3.34. The molecule has 0 aliphatic carbocycles. The molecular weight excluding hydrogens is 308 g/mol. The summed E-state index contributed by atoms with van der Waals surface area (Å²) in [7, 11) is 0. The smallest absolute Gasteiger partial charge is 0.220 e. The number of piperidine rings is 1. The molecule has 0 bridgehead atoms. The van der Waals surface area contributed by atoms with Gasteiger partial charge in [0.2, 0.25) is 5.91 Å². The fourth-order valence-corrected chi connectivity index (χ4v) is 3.46. The van der Waals surface area contributed by atoms with Crippen LogP contribution in [0.15, 0.2) is 54.6 Å². The number of nitrogens with two attached hydrogens (primary N) is 1. The molecule has 23 heavy (non-hydrogen) atoms. The standard InChI is InChI=1S/C19H21ClN2O/c20-17-8-6-15(7-9-17)18(14-4-2-1-3-5-14)22-12-10-16(11-13-22)19(21)23/h1-9,16,18H,10-13H2,(H2,21,23)/t18-/m1/s1. The Labute approximate surface area is 142 Å². The number of hydrogen-bond donors (Lipinski definition) is 1. The van der Waals surface area contributed by atoms with E-state index in [-0.39, 0.29) is 17.9 Å². The molecule has 3 nitrogen and oxygen atoms in total. The zero-order chi connectivity index (χ0) is 16.2. The van der Waals surface area contributed by atoms with Crippen LogP contribution < -0.4 is 5.73 Å². The number of amides is 1. The minimum Gasteiger partial charge on any atom is -0.369 e. The van der Waals surface area contributed by atoms with Gasteiger partial charge in [-0.05, 0) is 49.2 Å². The van der Waals surface area contributed by atoms with Gasteiger partial charge in [-0.15, -0.1) is 0 Å². The SMILES string of the molecule is NC(=O)C1CCN([C@H](c2ccccc2)c2ccc(Cl)cc2)CC1. The Morgan fingerprint density at radius 3 is 2.13 bits per heavy atom. The minimum absolute atomic E-state index is 0.00731. The molecule has 120 valence electrons. The molecule has 0 aromatic heterocycles. The Hall–Kier alpha value is -1.84. The largest absolute Gasteiger partial charge is 0.369 e. The molecule has 1 aliphatic rings. The van der Waals surface area contributed by atoms with E-state index in [0.29, 0.717) is 0 Å². The van der Waals surface area contributed by atoms with Crippen molar-refractivity contribution in [3.63, 3.8) is 0 Å². The van der Waals surface area contributed by atoms with Crippen LogP contribution in [-0.2, 0) is 4.79 Å². The van der Waals surface area contributed by atoms with Gasteiger partial charge in [0.15, 0.2) is 0 Å². The third-order valence-electron chi connectivity index (χ3n) is 4.60. The van der Waals surface area contributed by atoms with E-state index in [2.05, 4.69) is 41.3 Å². The summed E-state index contributed by atoms with van der Waals surface area (Å²) in [6.07, 6.45) is 1.65. The average molecular weight is 329 g/mol. The first kappa shape index (κ1) is 16.0. The normalized spacial score (nSPS) is 17.8. The van der Waals surface area contributed by atoms with Gasteiger partial charge in [-0.2, -0.15) is 0 Å². The summed E-state index contributed by atoms with van der Waals surface area (Å²) in [5.74, 6) is -0.166. The second-order valence-electron chi connectivity index (χ2n) is 6.08. The van der Waals surface area contributed by atoms with Crippen molar-refractivity contribution in [2.45, 2.75) is 18.9 Å². The molecule has 1 atom stereocenters. The van der Waals surface area contributed by atoms with E-state index in [1.807, 2.05) is 18.2 Å². The first-order valence-electron chi connectivity index (χ1n) is 7.99. The number of carbonyl (C=O) groups is 1. The molecule has 0 saturated carbocycles. The lowest BCUT2D eigenvalue weighted by molar-refractivity contribution is -0.123. The van der Waals surface area contributed by atoms with Gasteiger partial charge in [-0.1, -0.05) is 54.1 Å². The predicted octanol–water partition coefficient (Wildman–Crippen LogP) is 3.63. The molecular formula is C19H21ClN2O. The highest BCUT2D eigenvalue weighted by atomic mass is 35.5. The van der Waals surface area contributed by atoms with Crippen molar-refractivity contribution in [3.05, 3.63) is 70.7 Å². The Kier molecular flexibility index (Phi) is 4.99. The molecule has 1 heterocycles. The molecule has 0 radical (unpaired) electrons. The maximum Gasteiger partial charge on any atom is 0.220 e. The number of benzene rings is 2. The maximum absolute atomic E-state index is 11.4. The molecule has 4 heteroatoms. The fraction of sp³-hybridized carbons (Fsp3) is 0.316. The molecule has 0 unspecified atom stereocenters. The molecule has 1 aliphatic heterocycles. The van der Waals surface area contributed by atoms with Crippen LogP contribution in [-0.4, -0.2) is 23.9 Å². The van der Waals surface area contributed by atoms with Gasteiger partial charge in [0.05, 0.1) is 6.04 Å². The quantitative estimate of drug-likeness (QED) is 0.931. The second kappa shape index (κ2) is 7.16. The zero-order valence-electron chi connectivity index (χ0n) is 13.0. The van der Waals surface area contributed by atoms with E-state index in [9.17, 15) is 4.79 Å². The average Bonchev–Trinajstić information content (AvgIpc) is 2.58. The monoisotopic (exact) mass is 328 g/mol. The van der Waals surface area contributed by atoms with Crippen LogP contribution in [0, 0.1) is 5.92 Å². The molecule has 2 aromatic carbocycles. The Morgan fingerprint density at radius 2 is 1.57 bits per heavy atom. The third-order valence-corrected chi connectivity index (χ3v) is 4.85. The van der Waals surface area contributed by atoms with Gasteiger partial charge in [0, 0.05) is 10.9 Å². The summed E-state index contributed by atoms with van der Waals surface area (Å²) in [6.45, 7) is 1.74. The van der Waals surface area contributed by atoms with Gasteiger partial charge in [-0.25, -0.2) is 0 Å². The van der Waals surface area contributed by atoms with Crippen LogP contribution in [0.25, 0.3) is 0 Å². The van der Waals surface area contributed by atoms with Crippen molar-refractivity contribution in [3.8, 4) is 0 Å². The molecule has 0 spiro atoms. The van der Waals surface area contributed by atoms with E-state index in [1.165, 1.54) is 11.1 Å². The van der Waals surface area contributed by atoms with E-state index < -0.39 is 0 Å². The molecule has 1 amide bonds. The Morgan fingerprint density at radius 1 is 1.00 bits per heavy atom. The molecule has 2 N–H and O–H groups in total. The minimum atomic E-state index is -0.174. The zero-order valence-corrected chi connectivity index (χ0v) is 13.7. The number of rotatable bonds is 4. The lowest BCUT2D eigenvalue weighted by Gasteiger charge is -2.37. The van der Waals surface area contributed by atoms with Gasteiger partial charge in [0.25, 0.3) is 0 Å². The van der Waals surface area contributed by atoms with Crippen LogP contribution in [0.3, 0.4) is 0 Å². The van der Waals surface area contributed by atoms with Gasteiger partial charge >= 0.3 is 0 Å². The lowest BCUT2D eigenvalue weighted by atomic mass is 9.91. The highest BCUT2D eigenvalue weighted by Crippen LogP contribution is 2.32. The van der Waals surface area contributed by atoms with Crippen LogP contribution >= 0.6 is 11.6 Å². The van der Waals surface area contributed by atoms with Crippen molar-refractivity contribution in [1.82, 2.24) is 4.90 Å². The molecule has 2 aromatic rings. The number of carbonyl (C=O) groups excluding carboxylic acids is 1. The predicted molar refractivity (Wildman–Crippen MR) is 93.2 cm³/mol. The van der Waals surface area contributed by atoms with Crippen molar-refractivity contribution in [2.75, 3.05) is 13.1 Å². The van der Waals surface area contributed by atoms with E-state index in [1.54, 1.807) is 0 Å². The summed E-state index contributed by atoms with van der Waals surface area (Å²) < 4.78 is 0. The van der Waals surface area contributed by atoms with Crippen molar-refractivity contribution in [1.29, 1.82) is 0 Å². The van der Waals surface area contributed by atoms with Gasteiger partial charge < -0.3 is 5.73 Å². The number of hydrogen-bond acceptors (Lipinski definition) is 2. The first-order chi connectivity index (χ1) is 11.1. The van der Waals surface area contributed by atoms with E-state index >= 15 is 0 Å². The van der Waals surface area contributed by atoms with Crippen LogP contribution in [0.2, 0.25) is 5.02 Å². The maximum atomic E-state index is 11.4. The van der Waals surface area contributed by atoms with Gasteiger partial charge in [0.1, 0.15) is 0 Å². The van der Waals surface area contributed by atoms with Crippen molar-refractivity contribution in [2.24, 2.45) is 11.7 Å². The lowest BCUT2D eigenvalue weighted by Crippen LogP contribution is -2.40. The number of likely N-dealkylation sites (tertiary alicyclic amines) is 1. The van der Waals surface area contributed by atoms with Crippen LogP contribution in [0.4, 0.5) is 0 Å².